The van der Waals surface area contributed by atoms with E-state index < -0.39 is 10.0 Å². The summed E-state index contributed by atoms with van der Waals surface area (Å²) < 4.78 is 27.3. The van der Waals surface area contributed by atoms with E-state index in [0.717, 1.165) is 23.4 Å². The third-order valence-corrected chi connectivity index (χ3v) is 6.31. The zero-order valence-electron chi connectivity index (χ0n) is 10.4. The molecule has 0 saturated carbocycles. The van der Waals surface area contributed by atoms with Gasteiger partial charge in [-0.3, -0.25) is 4.90 Å². The summed E-state index contributed by atoms with van der Waals surface area (Å²) in [6.45, 7) is 3.09. The molecule has 0 atom stereocenters. The summed E-state index contributed by atoms with van der Waals surface area (Å²) >= 11 is 4.44. The second-order valence-electron chi connectivity index (χ2n) is 4.22. The van der Waals surface area contributed by atoms with Gasteiger partial charge in [0, 0.05) is 0 Å². The van der Waals surface area contributed by atoms with E-state index in [1.54, 1.807) is 12.1 Å². The molecule has 0 aliphatic carbocycles. The van der Waals surface area contributed by atoms with Gasteiger partial charge >= 0.3 is 0 Å². The van der Waals surface area contributed by atoms with Crippen molar-refractivity contribution in [1.29, 1.82) is 0 Å². The predicted octanol–water partition coefficient (Wildman–Crippen LogP) is 1.89. The van der Waals surface area contributed by atoms with Crippen molar-refractivity contribution in [2.45, 2.75) is 17.1 Å². The third kappa shape index (κ3) is 4.58. The molecule has 104 valence electrons. The average Bonchev–Trinajstić information content (AvgIpc) is 3.00. The number of halogens is 1. The smallest absolute Gasteiger partial charge is 0.250 e. The Morgan fingerprint density at radius 2 is 2.05 bits per heavy atom. The standard InChI is InChI=1S/C12H15BrN2O2S2/c13-11-5-6-12(18-11)19(16,17)14-7-1-2-8-15-9-3-4-10-15/h5-6,14H,3-4,7-10H2. The number of hydrogen-bond acceptors (Lipinski definition) is 4. The van der Waals surface area contributed by atoms with Gasteiger partial charge in [-0.15, -0.1) is 11.3 Å². The van der Waals surface area contributed by atoms with Gasteiger partial charge in [-0.25, -0.2) is 8.42 Å². The number of likely N-dealkylation sites (tertiary alicyclic amines) is 1. The normalized spacial score (nSPS) is 16.3. The van der Waals surface area contributed by atoms with Crippen LogP contribution in [0.1, 0.15) is 12.8 Å². The van der Waals surface area contributed by atoms with Crippen LogP contribution in [-0.4, -0.2) is 39.5 Å². The van der Waals surface area contributed by atoms with Crippen molar-refractivity contribution in [3.05, 3.63) is 15.9 Å². The number of sulfonamides is 1. The molecule has 2 rings (SSSR count). The molecule has 1 N–H and O–H groups in total. The van der Waals surface area contributed by atoms with Gasteiger partial charge in [0.2, 0.25) is 0 Å². The number of thiophene rings is 1. The summed E-state index contributed by atoms with van der Waals surface area (Å²) in [6.07, 6.45) is 2.48. The van der Waals surface area contributed by atoms with Crippen LogP contribution in [0.2, 0.25) is 0 Å². The molecule has 1 saturated heterocycles. The second-order valence-corrected chi connectivity index (χ2v) is 8.68. The Morgan fingerprint density at radius 1 is 1.32 bits per heavy atom. The minimum absolute atomic E-state index is 0.158. The quantitative estimate of drug-likeness (QED) is 0.832. The second kappa shape index (κ2) is 6.86. The van der Waals surface area contributed by atoms with E-state index in [1.807, 2.05) is 0 Å². The van der Waals surface area contributed by atoms with Crippen molar-refractivity contribution >= 4 is 37.3 Å². The summed E-state index contributed by atoms with van der Waals surface area (Å²) in [5.41, 5.74) is 0. The summed E-state index contributed by atoms with van der Waals surface area (Å²) in [6, 6.07) is 3.30. The first-order valence-electron chi connectivity index (χ1n) is 6.01. The molecule has 2 heterocycles. The first kappa shape index (κ1) is 15.0. The number of rotatable bonds is 4. The highest BCUT2D eigenvalue weighted by Gasteiger charge is 2.15. The van der Waals surface area contributed by atoms with E-state index >= 15 is 0 Å². The Hall–Kier alpha value is -0.390. The molecular weight excluding hydrogens is 348 g/mol. The SMILES string of the molecule is O=S(=O)(NCC#CCN1CCCC1)c1ccc(Br)s1. The van der Waals surface area contributed by atoms with E-state index in [0.29, 0.717) is 4.21 Å². The predicted molar refractivity (Wildman–Crippen MR) is 80.7 cm³/mol. The van der Waals surface area contributed by atoms with Gasteiger partial charge in [0.1, 0.15) is 4.21 Å². The zero-order valence-corrected chi connectivity index (χ0v) is 13.6. The molecule has 1 aromatic heterocycles. The molecule has 4 nitrogen and oxygen atoms in total. The van der Waals surface area contributed by atoms with Gasteiger partial charge in [-0.1, -0.05) is 11.8 Å². The van der Waals surface area contributed by atoms with Crippen LogP contribution in [0.25, 0.3) is 0 Å². The van der Waals surface area contributed by atoms with Crippen LogP contribution in [0.15, 0.2) is 20.1 Å². The monoisotopic (exact) mass is 362 g/mol. The van der Waals surface area contributed by atoms with E-state index in [-0.39, 0.29) is 6.54 Å². The molecule has 1 aliphatic heterocycles. The Morgan fingerprint density at radius 3 is 2.68 bits per heavy atom. The van der Waals surface area contributed by atoms with Crippen LogP contribution >= 0.6 is 27.3 Å². The zero-order chi connectivity index (χ0) is 13.7. The van der Waals surface area contributed by atoms with Crippen molar-refractivity contribution in [2.24, 2.45) is 0 Å². The molecule has 7 heteroatoms. The van der Waals surface area contributed by atoms with Gasteiger partial charge in [0.25, 0.3) is 10.0 Å². The maximum atomic E-state index is 11.9. The van der Waals surface area contributed by atoms with Crippen molar-refractivity contribution < 1.29 is 8.42 Å². The van der Waals surface area contributed by atoms with Gasteiger partial charge in [0.15, 0.2) is 0 Å². The minimum atomic E-state index is -3.42. The molecule has 1 aromatic rings. The first-order chi connectivity index (χ1) is 9.08. The fraction of sp³-hybridized carbons (Fsp3) is 0.500. The maximum absolute atomic E-state index is 11.9. The highest BCUT2D eigenvalue weighted by molar-refractivity contribution is 9.11. The Labute approximate surface area is 126 Å². The lowest BCUT2D eigenvalue weighted by Crippen LogP contribution is -2.23. The largest absolute Gasteiger partial charge is 0.292 e. The Kier molecular flexibility index (Phi) is 5.42. The molecule has 0 amide bonds. The minimum Gasteiger partial charge on any atom is -0.292 e. The molecule has 0 radical (unpaired) electrons. The fourth-order valence-electron chi connectivity index (χ4n) is 1.82. The Balaban J connectivity index is 1.80. The van der Waals surface area contributed by atoms with E-state index in [1.165, 1.54) is 24.2 Å². The highest BCUT2D eigenvalue weighted by Crippen LogP contribution is 2.25. The van der Waals surface area contributed by atoms with Gasteiger partial charge in [0.05, 0.1) is 16.9 Å². The lowest BCUT2D eigenvalue weighted by Gasteiger charge is -2.08. The fourth-order valence-corrected chi connectivity index (χ4v) is 4.79. The molecule has 19 heavy (non-hydrogen) atoms. The van der Waals surface area contributed by atoms with Crippen molar-refractivity contribution in [1.82, 2.24) is 9.62 Å². The molecule has 0 spiro atoms. The molecule has 0 unspecified atom stereocenters. The van der Waals surface area contributed by atoms with Crippen molar-refractivity contribution in [2.75, 3.05) is 26.2 Å². The molecule has 1 fully saturated rings. The van der Waals surface area contributed by atoms with E-state index in [2.05, 4.69) is 37.4 Å². The van der Waals surface area contributed by atoms with Crippen molar-refractivity contribution in [3.63, 3.8) is 0 Å². The van der Waals surface area contributed by atoms with E-state index in [4.69, 9.17) is 0 Å². The average molecular weight is 363 g/mol. The molecule has 0 bridgehead atoms. The molecule has 0 aromatic carbocycles. The van der Waals surface area contributed by atoms with Crippen LogP contribution in [-0.2, 0) is 10.0 Å². The summed E-state index contributed by atoms with van der Waals surface area (Å²) in [4.78, 5) is 2.28. The van der Waals surface area contributed by atoms with Crippen molar-refractivity contribution in [3.8, 4) is 11.8 Å². The Bertz CT molecular complexity index is 580. The van der Waals surface area contributed by atoms with Crippen LogP contribution in [0.5, 0.6) is 0 Å². The van der Waals surface area contributed by atoms with Crippen LogP contribution < -0.4 is 4.72 Å². The lowest BCUT2D eigenvalue weighted by molar-refractivity contribution is 0.383. The third-order valence-electron chi connectivity index (χ3n) is 2.79. The maximum Gasteiger partial charge on any atom is 0.250 e. The summed E-state index contributed by atoms with van der Waals surface area (Å²) in [5.74, 6) is 5.86. The summed E-state index contributed by atoms with van der Waals surface area (Å²) in [5, 5.41) is 0. The van der Waals surface area contributed by atoms with E-state index in [9.17, 15) is 8.42 Å². The van der Waals surface area contributed by atoms with Gasteiger partial charge < -0.3 is 0 Å². The molecule has 1 aliphatic rings. The first-order valence-corrected chi connectivity index (χ1v) is 9.10. The summed E-state index contributed by atoms with van der Waals surface area (Å²) in [7, 11) is -3.42. The lowest BCUT2D eigenvalue weighted by atomic mass is 10.4. The number of nitrogens with one attached hydrogen (secondary N) is 1. The number of hydrogen-bond donors (Lipinski definition) is 1. The molecular formula is C12H15BrN2O2S2. The van der Waals surface area contributed by atoms with Crippen LogP contribution in [0, 0.1) is 11.8 Å². The van der Waals surface area contributed by atoms with Crippen LogP contribution in [0.3, 0.4) is 0 Å². The van der Waals surface area contributed by atoms with Gasteiger partial charge in [-0.05, 0) is 54.0 Å². The highest BCUT2D eigenvalue weighted by atomic mass is 79.9. The topological polar surface area (TPSA) is 49.4 Å². The van der Waals surface area contributed by atoms with Crippen LogP contribution in [0.4, 0.5) is 0 Å². The van der Waals surface area contributed by atoms with Gasteiger partial charge in [-0.2, -0.15) is 4.72 Å². The number of nitrogens with zero attached hydrogens (tertiary/aromatic N) is 1.